The Morgan fingerprint density at radius 2 is 2.24 bits per heavy atom. The van der Waals surface area contributed by atoms with E-state index in [4.69, 9.17) is 4.52 Å². The molecule has 0 aromatic carbocycles. The van der Waals surface area contributed by atoms with Crippen molar-refractivity contribution in [1.29, 1.82) is 0 Å². The molecule has 112 valence electrons. The van der Waals surface area contributed by atoms with Gasteiger partial charge in [0.1, 0.15) is 5.76 Å². The van der Waals surface area contributed by atoms with Gasteiger partial charge in [-0.3, -0.25) is 9.58 Å². The highest BCUT2D eigenvalue weighted by Crippen LogP contribution is 2.40. The maximum absolute atomic E-state index is 9.62. The summed E-state index contributed by atoms with van der Waals surface area (Å²) in [5.41, 5.74) is 2.92. The third kappa shape index (κ3) is 2.61. The van der Waals surface area contributed by atoms with Crippen LogP contribution in [0.2, 0.25) is 0 Å². The molecule has 0 bridgehead atoms. The van der Waals surface area contributed by atoms with Crippen molar-refractivity contribution in [3.8, 4) is 0 Å². The first-order valence-electron chi connectivity index (χ1n) is 7.61. The average Bonchev–Trinajstić information content (AvgIpc) is 3.06. The van der Waals surface area contributed by atoms with Crippen LogP contribution in [0, 0.1) is 0 Å². The molecule has 1 N–H and O–H groups in total. The van der Waals surface area contributed by atoms with Crippen LogP contribution in [0.25, 0.3) is 0 Å². The highest BCUT2D eigenvalue weighted by Gasteiger charge is 2.28. The van der Waals surface area contributed by atoms with E-state index in [2.05, 4.69) is 21.2 Å². The van der Waals surface area contributed by atoms with Gasteiger partial charge in [0.15, 0.2) is 0 Å². The lowest BCUT2D eigenvalue weighted by molar-refractivity contribution is 0.188. The first-order chi connectivity index (χ1) is 10.2. The van der Waals surface area contributed by atoms with Crippen LogP contribution in [0.3, 0.4) is 0 Å². The van der Waals surface area contributed by atoms with Crippen molar-refractivity contribution in [2.75, 3.05) is 6.54 Å². The molecule has 3 heterocycles. The Labute approximate surface area is 123 Å². The number of rotatable bonds is 4. The summed E-state index contributed by atoms with van der Waals surface area (Å²) in [4.78, 5) is 2.34. The number of nitrogens with zero attached hydrogens (tertiary/aromatic N) is 4. The molecule has 1 aliphatic heterocycles. The lowest BCUT2D eigenvalue weighted by Crippen LogP contribution is -2.33. The topological polar surface area (TPSA) is 67.3 Å². The average molecular weight is 288 g/mol. The van der Waals surface area contributed by atoms with Crippen LogP contribution in [0.15, 0.2) is 16.7 Å². The lowest BCUT2D eigenvalue weighted by Gasteiger charge is -2.26. The number of hydrogen-bond acceptors (Lipinski definition) is 5. The maximum Gasteiger partial charge on any atom is 0.140 e. The Bertz CT molecular complexity index is 642. The van der Waals surface area contributed by atoms with Gasteiger partial charge < -0.3 is 9.63 Å². The first-order valence-corrected chi connectivity index (χ1v) is 7.61. The molecule has 21 heavy (non-hydrogen) atoms. The number of aromatic nitrogens is 3. The molecule has 4 rings (SSSR count). The van der Waals surface area contributed by atoms with Crippen molar-refractivity contribution >= 4 is 0 Å². The summed E-state index contributed by atoms with van der Waals surface area (Å²) in [5.74, 6) is 1.66. The van der Waals surface area contributed by atoms with Gasteiger partial charge in [0.2, 0.25) is 0 Å². The van der Waals surface area contributed by atoms with E-state index in [0.29, 0.717) is 5.92 Å². The normalized spacial score (nSPS) is 20.5. The van der Waals surface area contributed by atoms with Crippen LogP contribution >= 0.6 is 0 Å². The minimum atomic E-state index is -0.506. The quantitative estimate of drug-likeness (QED) is 0.929. The van der Waals surface area contributed by atoms with Crippen LogP contribution in [0.5, 0.6) is 0 Å². The number of hydrogen-bond donors (Lipinski definition) is 1. The zero-order chi connectivity index (χ0) is 14.4. The Morgan fingerprint density at radius 3 is 3.00 bits per heavy atom. The molecule has 2 aromatic rings. The Hall–Kier alpha value is -1.66. The molecule has 0 amide bonds. The third-order valence-electron chi connectivity index (χ3n) is 4.27. The standard InChI is InChI=1S/C15H20N4O2/c1-10(20)14-7-13-9-18(4-5-19(13)16-14)8-12-6-15(21-17-12)11-2-3-11/h6-7,10-11,20H,2-5,8-9H2,1H3/t10-/m1/s1. The second kappa shape index (κ2) is 4.96. The van der Waals surface area contributed by atoms with Crippen molar-refractivity contribution in [3.05, 3.63) is 35.0 Å². The Morgan fingerprint density at radius 1 is 1.38 bits per heavy atom. The van der Waals surface area contributed by atoms with Gasteiger partial charge in [-0.25, -0.2) is 0 Å². The molecule has 1 saturated carbocycles. The molecule has 1 atom stereocenters. The minimum Gasteiger partial charge on any atom is -0.387 e. The summed E-state index contributed by atoms with van der Waals surface area (Å²) in [6, 6.07) is 4.10. The predicted octanol–water partition coefficient (Wildman–Crippen LogP) is 1.82. The number of fused-ring (bicyclic) bond motifs is 1. The first kappa shape index (κ1) is 13.0. The number of aliphatic hydroxyl groups excluding tert-OH is 1. The molecular formula is C15H20N4O2. The van der Waals surface area contributed by atoms with E-state index in [0.717, 1.165) is 49.0 Å². The highest BCUT2D eigenvalue weighted by atomic mass is 16.5. The van der Waals surface area contributed by atoms with E-state index in [1.165, 1.54) is 12.8 Å². The van der Waals surface area contributed by atoms with Crippen molar-refractivity contribution < 1.29 is 9.63 Å². The zero-order valence-corrected chi connectivity index (χ0v) is 12.2. The summed E-state index contributed by atoms with van der Waals surface area (Å²) in [5, 5.41) is 18.2. The van der Waals surface area contributed by atoms with Gasteiger partial charge in [0.05, 0.1) is 29.7 Å². The molecule has 2 aromatic heterocycles. The molecule has 1 fully saturated rings. The van der Waals surface area contributed by atoms with Crippen molar-refractivity contribution in [1.82, 2.24) is 19.8 Å². The van der Waals surface area contributed by atoms with E-state index < -0.39 is 6.10 Å². The fourth-order valence-electron chi connectivity index (χ4n) is 2.87. The van der Waals surface area contributed by atoms with E-state index in [-0.39, 0.29) is 0 Å². The zero-order valence-electron chi connectivity index (χ0n) is 12.2. The second-order valence-electron chi connectivity index (χ2n) is 6.17. The molecule has 6 heteroatoms. The smallest absolute Gasteiger partial charge is 0.140 e. The largest absolute Gasteiger partial charge is 0.387 e. The molecular weight excluding hydrogens is 268 g/mol. The van der Waals surface area contributed by atoms with E-state index in [9.17, 15) is 5.11 Å². The van der Waals surface area contributed by atoms with Gasteiger partial charge in [0, 0.05) is 31.6 Å². The molecule has 6 nitrogen and oxygen atoms in total. The van der Waals surface area contributed by atoms with Crippen LogP contribution in [0.1, 0.15) is 54.6 Å². The van der Waals surface area contributed by atoms with E-state index >= 15 is 0 Å². The van der Waals surface area contributed by atoms with Gasteiger partial charge in [0.25, 0.3) is 0 Å². The fourth-order valence-corrected chi connectivity index (χ4v) is 2.87. The van der Waals surface area contributed by atoms with Gasteiger partial charge in [-0.1, -0.05) is 5.16 Å². The molecule has 0 radical (unpaired) electrons. The molecule has 1 aliphatic carbocycles. The predicted molar refractivity (Wildman–Crippen MR) is 75.5 cm³/mol. The van der Waals surface area contributed by atoms with Crippen LogP contribution < -0.4 is 0 Å². The fraction of sp³-hybridized carbons (Fsp3) is 0.600. The van der Waals surface area contributed by atoms with E-state index in [1.807, 2.05) is 10.7 Å². The van der Waals surface area contributed by atoms with Crippen molar-refractivity contribution in [3.63, 3.8) is 0 Å². The van der Waals surface area contributed by atoms with Crippen molar-refractivity contribution in [2.45, 2.75) is 51.4 Å². The van der Waals surface area contributed by atoms with Gasteiger partial charge in [-0.2, -0.15) is 5.10 Å². The summed E-state index contributed by atoms with van der Waals surface area (Å²) in [6.07, 6.45) is 1.97. The Balaban J connectivity index is 1.44. The van der Waals surface area contributed by atoms with Gasteiger partial charge in [-0.15, -0.1) is 0 Å². The monoisotopic (exact) mass is 288 g/mol. The summed E-state index contributed by atoms with van der Waals surface area (Å²) in [7, 11) is 0. The summed E-state index contributed by atoms with van der Waals surface area (Å²) >= 11 is 0. The van der Waals surface area contributed by atoms with Crippen LogP contribution in [0.4, 0.5) is 0 Å². The lowest BCUT2D eigenvalue weighted by atomic mass is 10.2. The van der Waals surface area contributed by atoms with Crippen LogP contribution in [-0.4, -0.2) is 31.5 Å². The Kier molecular flexibility index (Phi) is 3.08. The minimum absolute atomic E-state index is 0.506. The van der Waals surface area contributed by atoms with Crippen molar-refractivity contribution in [2.24, 2.45) is 0 Å². The van der Waals surface area contributed by atoms with Gasteiger partial charge in [-0.05, 0) is 25.8 Å². The van der Waals surface area contributed by atoms with Gasteiger partial charge >= 0.3 is 0 Å². The number of aliphatic hydroxyl groups is 1. The molecule has 0 unspecified atom stereocenters. The molecule has 2 aliphatic rings. The maximum atomic E-state index is 9.62. The molecule has 0 spiro atoms. The highest BCUT2D eigenvalue weighted by molar-refractivity contribution is 5.16. The SMILES string of the molecule is C[C@@H](O)c1cc2n(n1)CCN(Cc1cc(C3CC3)on1)C2. The van der Waals surface area contributed by atoms with E-state index in [1.54, 1.807) is 6.92 Å². The third-order valence-corrected chi connectivity index (χ3v) is 4.27. The molecule has 0 saturated heterocycles. The summed E-state index contributed by atoms with van der Waals surface area (Å²) in [6.45, 7) is 5.20. The summed E-state index contributed by atoms with van der Waals surface area (Å²) < 4.78 is 7.40. The van der Waals surface area contributed by atoms with Crippen LogP contribution in [-0.2, 0) is 19.6 Å². The second-order valence-corrected chi connectivity index (χ2v) is 6.17.